The van der Waals surface area contributed by atoms with Crippen molar-refractivity contribution >= 4 is 49.1 Å². The highest BCUT2D eigenvalue weighted by Crippen LogP contribution is 2.60. The Labute approximate surface area is 280 Å². The molecular formula is C35H41ClFN3O6Si. The van der Waals surface area contributed by atoms with E-state index in [1.54, 1.807) is 54.4 Å². The van der Waals surface area contributed by atoms with E-state index in [0.717, 1.165) is 5.56 Å². The van der Waals surface area contributed by atoms with Crippen LogP contribution in [0.15, 0.2) is 72.8 Å². The number of hydrogen-bond donors (Lipinski definition) is 3. The van der Waals surface area contributed by atoms with Gasteiger partial charge in [0, 0.05) is 40.8 Å². The van der Waals surface area contributed by atoms with Gasteiger partial charge in [-0.3, -0.25) is 14.4 Å². The molecule has 3 aromatic carbocycles. The predicted octanol–water partition coefficient (Wildman–Crippen LogP) is 5.39. The summed E-state index contributed by atoms with van der Waals surface area (Å²) in [6.07, 6.45) is -2.24. The Morgan fingerprint density at radius 2 is 1.81 bits per heavy atom. The van der Waals surface area contributed by atoms with Crippen molar-refractivity contribution in [2.24, 2.45) is 5.92 Å². The van der Waals surface area contributed by atoms with E-state index >= 15 is 4.11 Å². The Morgan fingerprint density at radius 3 is 2.47 bits per heavy atom. The molecule has 2 aliphatic heterocycles. The van der Waals surface area contributed by atoms with E-state index in [1.807, 2.05) is 43.3 Å². The fourth-order valence-corrected chi connectivity index (χ4v) is 9.74. The number of amides is 3. The number of carbonyl (C=O) groups is 3. The van der Waals surface area contributed by atoms with E-state index in [0.29, 0.717) is 27.5 Å². The zero-order chi connectivity index (χ0) is 34.1. The lowest BCUT2D eigenvalue weighted by atomic mass is 9.82. The molecule has 3 N–H and O–H groups in total. The molecule has 47 heavy (non-hydrogen) atoms. The van der Waals surface area contributed by atoms with Crippen LogP contribution in [0.5, 0.6) is 0 Å². The van der Waals surface area contributed by atoms with Gasteiger partial charge < -0.3 is 34.2 Å². The normalized spacial score (nSPS) is 22.8. The molecule has 1 saturated heterocycles. The maximum Gasteiger partial charge on any atom is 0.264 e. The van der Waals surface area contributed by atoms with Crippen LogP contribution in [0.2, 0.25) is 23.7 Å². The fourth-order valence-electron chi connectivity index (χ4n) is 7.07. The zero-order valence-corrected chi connectivity index (χ0v) is 28.7. The van der Waals surface area contributed by atoms with Crippen LogP contribution in [0.25, 0.3) is 0 Å². The van der Waals surface area contributed by atoms with Gasteiger partial charge in [0.25, 0.3) is 11.8 Å². The molecule has 1 fully saturated rings. The van der Waals surface area contributed by atoms with E-state index in [2.05, 4.69) is 5.32 Å². The largest absolute Gasteiger partial charge is 0.395 e. The van der Waals surface area contributed by atoms with Gasteiger partial charge in [-0.25, -0.2) is 0 Å². The van der Waals surface area contributed by atoms with Crippen molar-refractivity contribution in [1.29, 1.82) is 0 Å². The number of aliphatic hydroxyl groups excluding tert-OH is 2. The molecule has 12 heteroatoms. The number of carbonyl (C=O) groups excluding carboxylic acids is 3. The Morgan fingerprint density at radius 1 is 1.11 bits per heavy atom. The summed E-state index contributed by atoms with van der Waals surface area (Å²) in [4.78, 5) is 43.7. The number of rotatable bonds is 11. The molecular weight excluding hydrogens is 641 g/mol. The van der Waals surface area contributed by atoms with Crippen molar-refractivity contribution in [2.75, 3.05) is 23.4 Å². The van der Waals surface area contributed by atoms with E-state index < -0.39 is 43.6 Å². The number of aliphatic hydroxyl groups is 2. The monoisotopic (exact) mass is 681 g/mol. The van der Waals surface area contributed by atoms with Crippen LogP contribution in [0.4, 0.5) is 15.5 Å². The molecule has 3 amide bonds. The molecule has 5 rings (SSSR count). The topological polar surface area (TPSA) is 119 Å². The van der Waals surface area contributed by atoms with Crippen LogP contribution in [0, 0.1) is 5.92 Å². The molecule has 9 nitrogen and oxygen atoms in total. The van der Waals surface area contributed by atoms with Gasteiger partial charge in [-0.05, 0) is 61.5 Å². The second-order valence-electron chi connectivity index (χ2n) is 12.9. The molecule has 5 atom stereocenters. The van der Waals surface area contributed by atoms with Gasteiger partial charge in [0.1, 0.15) is 6.10 Å². The Balaban J connectivity index is 1.48. The molecule has 250 valence electrons. The molecule has 2 aliphatic rings. The summed E-state index contributed by atoms with van der Waals surface area (Å²) in [5.74, 6) is -1.86. The van der Waals surface area contributed by atoms with Crippen molar-refractivity contribution in [3.05, 3.63) is 94.5 Å². The second kappa shape index (κ2) is 13.9. The fraction of sp³-hybridized carbons (Fsp3) is 0.400. The highest BCUT2D eigenvalue weighted by Gasteiger charge is 2.67. The van der Waals surface area contributed by atoms with Crippen LogP contribution in [-0.2, 0) is 37.8 Å². The van der Waals surface area contributed by atoms with Crippen LogP contribution >= 0.6 is 11.6 Å². The summed E-state index contributed by atoms with van der Waals surface area (Å²) >= 11 is 6.49. The Hall–Kier alpha value is -3.61. The van der Waals surface area contributed by atoms with Gasteiger partial charge in [-0.1, -0.05) is 61.0 Å². The van der Waals surface area contributed by atoms with Crippen molar-refractivity contribution in [3.63, 3.8) is 0 Å². The number of ether oxygens (including phenoxy) is 1. The average Bonchev–Trinajstić information content (AvgIpc) is 3.43. The molecule has 0 radical (unpaired) electrons. The quantitative estimate of drug-likeness (QED) is 0.184. The summed E-state index contributed by atoms with van der Waals surface area (Å²) in [6.45, 7) is 6.60. The smallest absolute Gasteiger partial charge is 0.264 e. The molecule has 3 aromatic rings. The van der Waals surface area contributed by atoms with Gasteiger partial charge in [0.2, 0.25) is 14.3 Å². The van der Waals surface area contributed by atoms with Gasteiger partial charge in [-0.2, -0.15) is 0 Å². The maximum atomic E-state index is 16.3. The third kappa shape index (κ3) is 7.00. The minimum atomic E-state index is -3.54. The number of nitrogens with one attached hydrogen (secondary N) is 1. The summed E-state index contributed by atoms with van der Waals surface area (Å²) in [5, 5.41) is 22.4. The van der Waals surface area contributed by atoms with Crippen LogP contribution < -0.4 is 10.2 Å². The molecule has 0 aliphatic carbocycles. The lowest BCUT2D eigenvalue weighted by Crippen LogP contribution is -2.45. The zero-order valence-electron chi connectivity index (χ0n) is 27.0. The third-order valence-corrected chi connectivity index (χ3v) is 11.8. The van der Waals surface area contributed by atoms with E-state index in [9.17, 15) is 24.6 Å². The van der Waals surface area contributed by atoms with E-state index in [4.69, 9.17) is 16.3 Å². The van der Waals surface area contributed by atoms with E-state index in [-0.39, 0.29) is 44.5 Å². The van der Waals surface area contributed by atoms with Crippen molar-refractivity contribution in [3.8, 4) is 0 Å². The van der Waals surface area contributed by atoms with E-state index in [1.165, 1.54) is 11.8 Å². The highest BCUT2D eigenvalue weighted by molar-refractivity contribution is 6.72. The summed E-state index contributed by atoms with van der Waals surface area (Å²) < 4.78 is 23.0. The molecule has 0 unspecified atom stereocenters. The minimum Gasteiger partial charge on any atom is -0.395 e. The Bertz CT molecular complexity index is 1640. The summed E-state index contributed by atoms with van der Waals surface area (Å²) in [6, 6.07) is 21.5. The molecule has 0 saturated carbocycles. The van der Waals surface area contributed by atoms with Gasteiger partial charge in [-0.15, -0.1) is 0 Å². The number of nitrogens with zero attached hydrogens (tertiary/aromatic N) is 2. The number of benzene rings is 3. The summed E-state index contributed by atoms with van der Waals surface area (Å²) in [7, 11) is -3.54. The standard InChI is InChI=1S/C35H41ClFN3O6Si/c1-22-32(47(3,4)37)30(19-31(43)39(15-16-41)20-24-9-6-5-7-10-24)46-35(22)28-18-26(36)13-14-29(28)40(34(35)45)21-25-11-8-12-27(17-25)38-33(44)23(2)42/h5-14,17-18,22-23,30,32,41-42H,15-16,19-21H2,1-4H3,(H,38,44)/t22-,23-,30+,32-,35+/m0/s1. The molecule has 0 aromatic heterocycles. The summed E-state index contributed by atoms with van der Waals surface area (Å²) in [5.41, 5.74) is 0.871. The van der Waals surface area contributed by atoms with Gasteiger partial charge in [0.15, 0.2) is 5.60 Å². The van der Waals surface area contributed by atoms with Gasteiger partial charge in [0.05, 0.1) is 31.4 Å². The minimum absolute atomic E-state index is 0.101. The van der Waals surface area contributed by atoms with Gasteiger partial charge >= 0.3 is 0 Å². The maximum absolute atomic E-state index is 16.3. The second-order valence-corrected chi connectivity index (χ2v) is 17.1. The third-order valence-electron chi connectivity index (χ3n) is 9.15. The first kappa shape index (κ1) is 34.7. The van der Waals surface area contributed by atoms with Crippen molar-refractivity contribution < 1.29 is 33.4 Å². The van der Waals surface area contributed by atoms with Crippen LogP contribution in [0.1, 0.15) is 37.0 Å². The molecule has 1 spiro atoms. The number of fused-ring (bicyclic) bond motifs is 2. The van der Waals surface area contributed by atoms with Crippen molar-refractivity contribution in [2.45, 2.75) is 69.8 Å². The Kier molecular flexibility index (Phi) is 10.2. The van der Waals surface area contributed by atoms with Crippen molar-refractivity contribution in [1.82, 2.24) is 4.90 Å². The number of hydrogen-bond acceptors (Lipinski definition) is 6. The van der Waals surface area contributed by atoms with Crippen LogP contribution in [-0.4, -0.2) is 66.6 Å². The molecule has 2 heterocycles. The first-order valence-electron chi connectivity index (χ1n) is 15.8. The highest BCUT2D eigenvalue weighted by atomic mass is 35.5. The molecule has 0 bridgehead atoms. The average molecular weight is 682 g/mol. The number of anilines is 2. The lowest BCUT2D eigenvalue weighted by Gasteiger charge is -2.31. The first-order valence-corrected chi connectivity index (χ1v) is 19.1. The predicted molar refractivity (Wildman–Crippen MR) is 181 cm³/mol. The first-order chi connectivity index (χ1) is 22.3. The number of halogens is 2. The lowest BCUT2D eigenvalue weighted by molar-refractivity contribution is -0.150. The van der Waals surface area contributed by atoms with Crippen LogP contribution in [0.3, 0.4) is 0 Å². The SMILES string of the molecule is C[C@H](O)C(=O)Nc1cccc(CN2C(=O)[C@]3(O[C@H](CC(=O)N(CCO)Cc4ccccc4)[C@@H]([Si](C)(C)F)[C@@H]3C)c3cc(Cl)ccc32)c1.